The van der Waals surface area contributed by atoms with Gasteiger partial charge in [-0.25, -0.2) is 0 Å². The largest absolute Gasteiger partial charge is 0.389 e. The lowest BCUT2D eigenvalue weighted by molar-refractivity contribution is -0.266. The molecule has 96 valence electrons. The second-order valence-electron chi connectivity index (χ2n) is 6.76. The van der Waals surface area contributed by atoms with Gasteiger partial charge in [-0.3, -0.25) is 4.79 Å². The van der Waals surface area contributed by atoms with Crippen LogP contribution in [0, 0.1) is 11.3 Å². The molecule has 4 rings (SSSR count). The zero-order valence-electron chi connectivity index (χ0n) is 10.6. The van der Waals surface area contributed by atoms with Crippen LogP contribution in [0.2, 0.25) is 0 Å². The molecule has 0 spiro atoms. The van der Waals surface area contributed by atoms with Crippen molar-refractivity contribution in [1.82, 2.24) is 0 Å². The van der Waals surface area contributed by atoms with E-state index < -0.39 is 28.1 Å². The van der Waals surface area contributed by atoms with Crippen molar-refractivity contribution in [2.24, 2.45) is 11.3 Å². The Morgan fingerprint density at radius 3 is 2.47 bits per heavy atom. The van der Waals surface area contributed by atoms with Gasteiger partial charge in [-0.1, -0.05) is 6.92 Å². The lowest BCUT2D eigenvalue weighted by Gasteiger charge is -2.62. The van der Waals surface area contributed by atoms with Gasteiger partial charge in [-0.2, -0.15) is 0 Å². The number of fused-ring (bicyclic) bond motifs is 1. The highest BCUT2D eigenvalue weighted by Gasteiger charge is 2.77. The summed E-state index contributed by atoms with van der Waals surface area (Å²) in [7, 11) is 0. The monoisotopic (exact) mass is 240 g/mol. The zero-order chi connectivity index (χ0) is 12.7. The fourth-order valence-corrected chi connectivity index (χ4v) is 4.63. The van der Waals surface area contributed by atoms with E-state index in [0.29, 0.717) is 25.9 Å². The van der Waals surface area contributed by atoms with E-state index in [4.69, 9.17) is 4.74 Å². The number of carbonyl (C=O) groups is 1. The molecule has 17 heavy (non-hydrogen) atoms. The predicted octanol–water partition coefficient (Wildman–Crippen LogP) is 0.646. The zero-order valence-corrected chi connectivity index (χ0v) is 10.6. The number of Topliss-reactive ketones (excluding diaryl/α,β-unsaturated/α-hetero) is 1. The minimum atomic E-state index is -1.00. The number of ketones is 1. The van der Waals surface area contributed by atoms with Gasteiger partial charge < -0.3 is 14.9 Å². The number of aliphatic hydroxyl groups is 2. The van der Waals surface area contributed by atoms with E-state index >= 15 is 0 Å². The van der Waals surface area contributed by atoms with E-state index in [1.54, 1.807) is 0 Å². The summed E-state index contributed by atoms with van der Waals surface area (Å²) >= 11 is 0. The Bertz CT molecular complexity index is 384. The Kier molecular flexibility index (Phi) is 1.89. The molecule has 4 fully saturated rings. The summed E-state index contributed by atoms with van der Waals surface area (Å²) in [6.45, 7) is 5.78. The van der Waals surface area contributed by atoms with Crippen LogP contribution < -0.4 is 0 Å². The molecule has 1 saturated heterocycles. The summed E-state index contributed by atoms with van der Waals surface area (Å²) in [5.74, 6) is -0.479. The lowest BCUT2D eigenvalue weighted by Crippen LogP contribution is -2.73. The standard InChI is InChI=1S/C13H20O4/c1-8(14)9-4-13(16)10(2)5-12(9,15)6-11(13,3)17-7-10/h9,15-16H,4-7H2,1-3H3. The quantitative estimate of drug-likeness (QED) is 0.706. The molecular weight excluding hydrogens is 220 g/mol. The summed E-state index contributed by atoms with van der Waals surface area (Å²) in [5, 5.41) is 21.7. The van der Waals surface area contributed by atoms with Gasteiger partial charge in [0, 0.05) is 17.8 Å². The highest BCUT2D eigenvalue weighted by molar-refractivity contribution is 5.80. The minimum Gasteiger partial charge on any atom is -0.389 e. The third-order valence-electron chi connectivity index (χ3n) is 5.56. The maximum Gasteiger partial charge on any atom is 0.135 e. The van der Waals surface area contributed by atoms with Crippen LogP contribution in [0.4, 0.5) is 0 Å². The van der Waals surface area contributed by atoms with Crippen molar-refractivity contribution in [1.29, 1.82) is 0 Å². The average Bonchev–Trinajstić information content (AvgIpc) is 2.30. The van der Waals surface area contributed by atoms with E-state index in [2.05, 4.69) is 0 Å². The molecule has 3 saturated carbocycles. The number of ether oxygens (including phenoxy) is 1. The first-order valence-corrected chi connectivity index (χ1v) is 6.25. The van der Waals surface area contributed by atoms with Crippen LogP contribution in [-0.4, -0.2) is 39.4 Å². The first-order chi connectivity index (χ1) is 7.66. The molecule has 0 radical (unpaired) electrons. The molecule has 4 aliphatic rings. The van der Waals surface area contributed by atoms with Crippen molar-refractivity contribution in [2.75, 3.05) is 6.61 Å². The Labute approximate surface area is 101 Å². The van der Waals surface area contributed by atoms with Crippen molar-refractivity contribution in [3.05, 3.63) is 0 Å². The summed E-state index contributed by atoms with van der Waals surface area (Å²) in [5.41, 5.74) is -3.13. The van der Waals surface area contributed by atoms with Gasteiger partial charge in [0.2, 0.25) is 0 Å². The number of carbonyl (C=O) groups excluding carboxylic acids is 1. The van der Waals surface area contributed by atoms with Crippen molar-refractivity contribution in [2.45, 2.75) is 56.8 Å². The molecule has 1 aliphatic heterocycles. The fraction of sp³-hybridized carbons (Fsp3) is 0.923. The fourth-order valence-electron chi connectivity index (χ4n) is 4.63. The molecular formula is C13H20O4. The summed E-state index contributed by atoms with van der Waals surface area (Å²) in [4.78, 5) is 11.7. The van der Waals surface area contributed by atoms with Crippen LogP contribution in [0.1, 0.15) is 40.0 Å². The highest BCUT2D eigenvalue weighted by atomic mass is 16.5. The summed E-state index contributed by atoms with van der Waals surface area (Å²) in [6, 6.07) is 0. The topological polar surface area (TPSA) is 66.8 Å². The first-order valence-electron chi connectivity index (χ1n) is 6.25. The minimum absolute atomic E-state index is 0.0306. The Balaban J connectivity index is 2.13. The third kappa shape index (κ3) is 1.07. The molecule has 0 aromatic carbocycles. The molecule has 4 bridgehead atoms. The molecule has 0 amide bonds. The molecule has 2 N–H and O–H groups in total. The van der Waals surface area contributed by atoms with E-state index in [-0.39, 0.29) is 5.78 Å². The first kappa shape index (κ1) is 11.6. The molecule has 5 unspecified atom stereocenters. The number of hydrogen-bond acceptors (Lipinski definition) is 4. The van der Waals surface area contributed by atoms with Gasteiger partial charge in [-0.05, 0) is 26.7 Å². The van der Waals surface area contributed by atoms with Gasteiger partial charge in [0.05, 0.1) is 17.8 Å². The SMILES string of the molecule is CC(=O)C1CC2(O)C3(C)COC2(C)CC1(O)C3. The third-order valence-corrected chi connectivity index (χ3v) is 5.56. The van der Waals surface area contributed by atoms with E-state index in [1.165, 1.54) is 6.92 Å². The average molecular weight is 240 g/mol. The van der Waals surface area contributed by atoms with Crippen LogP contribution in [-0.2, 0) is 9.53 Å². The maximum atomic E-state index is 11.7. The molecule has 4 nitrogen and oxygen atoms in total. The van der Waals surface area contributed by atoms with Gasteiger partial charge in [-0.15, -0.1) is 0 Å². The van der Waals surface area contributed by atoms with Crippen LogP contribution in [0.3, 0.4) is 0 Å². The van der Waals surface area contributed by atoms with E-state index in [9.17, 15) is 15.0 Å². The van der Waals surface area contributed by atoms with Crippen LogP contribution in [0.25, 0.3) is 0 Å². The van der Waals surface area contributed by atoms with Gasteiger partial charge >= 0.3 is 0 Å². The number of rotatable bonds is 1. The Morgan fingerprint density at radius 2 is 1.94 bits per heavy atom. The van der Waals surface area contributed by atoms with Crippen molar-refractivity contribution in [3.63, 3.8) is 0 Å². The summed E-state index contributed by atoms with van der Waals surface area (Å²) < 4.78 is 5.78. The lowest BCUT2D eigenvalue weighted by atomic mass is 9.45. The van der Waals surface area contributed by atoms with Crippen molar-refractivity contribution in [3.8, 4) is 0 Å². The maximum absolute atomic E-state index is 11.7. The van der Waals surface area contributed by atoms with Gasteiger partial charge in [0.25, 0.3) is 0 Å². The molecule has 5 atom stereocenters. The van der Waals surface area contributed by atoms with E-state index in [1.807, 2.05) is 13.8 Å². The second kappa shape index (κ2) is 2.76. The Morgan fingerprint density at radius 1 is 1.29 bits per heavy atom. The van der Waals surface area contributed by atoms with E-state index in [0.717, 1.165) is 0 Å². The number of hydrogen-bond donors (Lipinski definition) is 2. The molecule has 0 aromatic rings. The highest BCUT2D eigenvalue weighted by Crippen LogP contribution is 2.67. The smallest absolute Gasteiger partial charge is 0.135 e. The Hall–Kier alpha value is -0.450. The van der Waals surface area contributed by atoms with Crippen molar-refractivity contribution < 1.29 is 19.7 Å². The van der Waals surface area contributed by atoms with Gasteiger partial charge in [0.1, 0.15) is 11.4 Å². The summed E-state index contributed by atoms with van der Waals surface area (Å²) in [6.07, 6.45) is 1.14. The molecule has 4 heteroatoms. The second-order valence-corrected chi connectivity index (χ2v) is 6.76. The molecule has 0 aromatic heterocycles. The predicted molar refractivity (Wildman–Crippen MR) is 60.4 cm³/mol. The van der Waals surface area contributed by atoms with Crippen LogP contribution >= 0.6 is 0 Å². The normalized spacial score (nSPS) is 60.6. The molecule has 3 aliphatic carbocycles. The van der Waals surface area contributed by atoms with Crippen LogP contribution in [0.5, 0.6) is 0 Å². The molecule has 1 heterocycles. The van der Waals surface area contributed by atoms with Gasteiger partial charge in [0.15, 0.2) is 0 Å². The van der Waals surface area contributed by atoms with Crippen LogP contribution in [0.15, 0.2) is 0 Å². The van der Waals surface area contributed by atoms with Crippen molar-refractivity contribution >= 4 is 5.78 Å².